The van der Waals surface area contributed by atoms with Crippen LogP contribution in [0.3, 0.4) is 0 Å². The van der Waals surface area contributed by atoms with Crippen molar-refractivity contribution < 1.29 is 23.4 Å². The minimum absolute atomic E-state index is 0.108. The fourth-order valence-corrected chi connectivity index (χ4v) is 5.35. The number of sulfone groups is 1. The number of ether oxygens (including phenoxy) is 1. The zero-order valence-corrected chi connectivity index (χ0v) is 12.1. The lowest BCUT2D eigenvalue weighted by atomic mass is 9.69. The van der Waals surface area contributed by atoms with Crippen molar-refractivity contribution in [1.82, 2.24) is 0 Å². The molecule has 6 heteroatoms. The third-order valence-electron chi connectivity index (χ3n) is 4.76. The number of hydrogen-bond donors (Lipinski definition) is 2. The first kappa shape index (κ1) is 15.2. The molecule has 2 saturated heterocycles. The highest BCUT2D eigenvalue weighted by Crippen LogP contribution is 2.42. The van der Waals surface area contributed by atoms with Gasteiger partial charge in [-0.15, -0.1) is 0 Å². The fraction of sp³-hybridized carbons (Fsp3) is 1.00. The van der Waals surface area contributed by atoms with Gasteiger partial charge < -0.3 is 14.9 Å². The molecule has 0 bridgehead atoms. The molecule has 5 nitrogen and oxygen atoms in total. The van der Waals surface area contributed by atoms with E-state index in [4.69, 9.17) is 4.74 Å². The van der Waals surface area contributed by atoms with E-state index in [1.54, 1.807) is 0 Å². The fourth-order valence-electron chi connectivity index (χ4n) is 3.41. The molecule has 2 heterocycles. The van der Waals surface area contributed by atoms with Crippen molar-refractivity contribution in [2.75, 3.05) is 37.9 Å². The second-order valence-corrected chi connectivity index (χ2v) is 8.27. The number of aliphatic hydroxyl groups excluding tert-OH is 2. The monoisotopic (exact) mass is 292 g/mol. The second kappa shape index (κ2) is 6.08. The molecule has 1 atom stereocenters. The summed E-state index contributed by atoms with van der Waals surface area (Å²) in [4.78, 5) is 0. The summed E-state index contributed by atoms with van der Waals surface area (Å²) >= 11 is 0. The quantitative estimate of drug-likeness (QED) is 0.757. The van der Waals surface area contributed by atoms with E-state index in [1.165, 1.54) is 0 Å². The van der Waals surface area contributed by atoms with E-state index in [2.05, 4.69) is 0 Å². The van der Waals surface area contributed by atoms with Crippen LogP contribution >= 0.6 is 0 Å². The molecule has 0 aromatic rings. The van der Waals surface area contributed by atoms with Crippen LogP contribution in [0.1, 0.15) is 25.7 Å². The van der Waals surface area contributed by atoms with Gasteiger partial charge in [0.2, 0.25) is 0 Å². The molecule has 0 spiro atoms. The number of aliphatic hydroxyl groups is 2. The molecule has 0 aromatic heterocycles. The van der Waals surface area contributed by atoms with E-state index in [0.717, 1.165) is 26.1 Å². The van der Waals surface area contributed by atoms with E-state index >= 15 is 0 Å². The first-order chi connectivity index (χ1) is 9.01. The van der Waals surface area contributed by atoms with Crippen LogP contribution in [0.4, 0.5) is 0 Å². The molecule has 2 N–H and O–H groups in total. The predicted octanol–water partition coefficient (Wildman–Crippen LogP) is 0.209. The van der Waals surface area contributed by atoms with E-state index in [-0.39, 0.29) is 30.6 Å². The highest BCUT2D eigenvalue weighted by Gasteiger charge is 2.45. The maximum atomic E-state index is 11.6. The Bertz CT molecular complexity index is 382. The van der Waals surface area contributed by atoms with Crippen LogP contribution in [0.5, 0.6) is 0 Å². The molecular weight excluding hydrogens is 268 g/mol. The summed E-state index contributed by atoms with van der Waals surface area (Å²) < 4.78 is 28.6. The van der Waals surface area contributed by atoms with Crippen LogP contribution in [0.25, 0.3) is 0 Å². The van der Waals surface area contributed by atoms with Crippen LogP contribution in [0.15, 0.2) is 0 Å². The first-order valence-corrected chi connectivity index (χ1v) is 8.83. The zero-order valence-electron chi connectivity index (χ0n) is 11.3. The van der Waals surface area contributed by atoms with E-state index in [1.807, 2.05) is 0 Å². The number of rotatable bonds is 5. The van der Waals surface area contributed by atoms with Crippen LogP contribution in [0, 0.1) is 17.3 Å². The van der Waals surface area contributed by atoms with Gasteiger partial charge in [-0.3, -0.25) is 0 Å². The minimum Gasteiger partial charge on any atom is -0.396 e. The van der Waals surface area contributed by atoms with Gasteiger partial charge >= 0.3 is 0 Å². The summed E-state index contributed by atoms with van der Waals surface area (Å²) in [5, 5.41) is 19.5. The maximum absolute atomic E-state index is 11.6. The minimum atomic E-state index is -2.99. The summed E-state index contributed by atoms with van der Waals surface area (Å²) in [5.41, 5.74) is -0.647. The lowest BCUT2D eigenvalue weighted by molar-refractivity contribution is -0.0269. The van der Waals surface area contributed by atoms with Gasteiger partial charge in [-0.05, 0) is 37.5 Å². The van der Waals surface area contributed by atoms with Crippen LogP contribution < -0.4 is 0 Å². The third kappa shape index (κ3) is 3.48. The summed E-state index contributed by atoms with van der Waals surface area (Å²) in [6, 6.07) is 0. The lowest BCUT2D eigenvalue weighted by Crippen LogP contribution is -2.41. The molecule has 2 aliphatic rings. The second-order valence-electron chi connectivity index (χ2n) is 6.04. The van der Waals surface area contributed by atoms with Gasteiger partial charge in [-0.25, -0.2) is 8.42 Å². The molecule has 0 radical (unpaired) electrons. The standard InChI is InChI=1S/C13H24O5S/c14-9-13(10-15,7-11-1-4-18-5-2-11)12-3-6-19(16,17)8-12/h11-12,14-15H,1-10H2. The maximum Gasteiger partial charge on any atom is 0.150 e. The van der Waals surface area contributed by atoms with Gasteiger partial charge in [0.1, 0.15) is 0 Å². The van der Waals surface area contributed by atoms with Gasteiger partial charge in [0.05, 0.1) is 24.7 Å². The third-order valence-corrected chi connectivity index (χ3v) is 6.53. The van der Waals surface area contributed by atoms with Crippen molar-refractivity contribution in [3.05, 3.63) is 0 Å². The first-order valence-electron chi connectivity index (χ1n) is 7.01. The Kier molecular flexibility index (Phi) is 4.87. The van der Waals surface area contributed by atoms with Gasteiger partial charge in [-0.1, -0.05) is 0 Å². The smallest absolute Gasteiger partial charge is 0.150 e. The molecule has 2 rings (SSSR count). The van der Waals surface area contributed by atoms with Crippen molar-refractivity contribution in [3.63, 3.8) is 0 Å². The van der Waals surface area contributed by atoms with Crippen molar-refractivity contribution in [1.29, 1.82) is 0 Å². The van der Waals surface area contributed by atoms with Gasteiger partial charge in [-0.2, -0.15) is 0 Å². The molecule has 0 aromatic carbocycles. The topological polar surface area (TPSA) is 83.8 Å². The molecule has 2 aliphatic heterocycles. The normalized spacial score (nSPS) is 28.6. The van der Waals surface area contributed by atoms with Crippen LogP contribution in [0.2, 0.25) is 0 Å². The Hall–Kier alpha value is -0.170. The zero-order chi connectivity index (χ0) is 13.9. The average molecular weight is 292 g/mol. The van der Waals surface area contributed by atoms with Crippen molar-refractivity contribution in [2.24, 2.45) is 17.3 Å². The Morgan fingerprint density at radius 1 is 1.11 bits per heavy atom. The number of hydrogen-bond acceptors (Lipinski definition) is 5. The largest absolute Gasteiger partial charge is 0.396 e. The molecule has 1 unspecified atom stereocenters. The van der Waals surface area contributed by atoms with Crippen molar-refractivity contribution >= 4 is 9.84 Å². The molecule has 0 saturated carbocycles. The molecule has 0 amide bonds. The molecule has 112 valence electrons. The van der Waals surface area contributed by atoms with Gasteiger partial charge in [0, 0.05) is 18.6 Å². The van der Waals surface area contributed by atoms with Crippen molar-refractivity contribution in [2.45, 2.75) is 25.7 Å². The van der Waals surface area contributed by atoms with Crippen LogP contribution in [-0.4, -0.2) is 56.6 Å². The Balaban J connectivity index is 2.08. The highest BCUT2D eigenvalue weighted by atomic mass is 32.2. The van der Waals surface area contributed by atoms with Crippen LogP contribution in [-0.2, 0) is 14.6 Å². The lowest BCUT2D eigenvalue weighted by Gasteiger charge is -2.39. The summed E-state index contributed by atoms with van der Waals surface area (Å²) in [6.07, 6.45) is 3.12. The van der Waals surface area contributed by atoms with E-state index in [9.17, 15) is 18.6 Å². The molecule has 19 heavy (non-hydrogen) atoms. The van der Waals surface area contributed by atoms with Crippen molar-refractivity contribution in [3.8, 4) is 0 Å². The summed E-state index contributed by atoms with van der Waals surface area (Å²) in [7, 11) is -2.99. The molecular formula is C13H24O5S. The Morgan fingerprint density at radius 2 is 1.74 bits per heavy atom. The van der Waals surface area contributed by atoms with E-state index < -0.39 is 15.3 Å². The molecule has 0 aliphatic carbocycles. The molecule has 2 fully saturated rings. The predicted molar refractivity (Wildman–Crippen MR) is 71.5 cm³/mol. The average Bonchev–Trinajstić information content (AvgIpc) is 2.78. The Labute approximate surface area is 114 Å². The SMILES string of the molecule is O=S1(=O)CCC(C(CO)(CO)CC2CCOCC2)C1. The van der Waals surface area contributed by atoms with E-state index in [0.29, 0.717) is 18.8 Å². The highest BCUT2D eigenvalue weighted by molar-refractivity contribution is 7.91. The Morgan fingerprint density at radius 3 is 2.21 bits per heavy atom. The van der Waals surface area contributed by atoms with Gasteiger partial charge in [0.15, 0.2) is 9.84 Å². The van der Waals surface area contributed by atoms with Gasteiger partial charge in [0.25, 0.3) is 0 Å². The summed E-state index contributed by atoms with van der Waals surface area (Å²) in [5.74, 6) is 0.594. The summed E-state index contributed by atoms with van der Waals surface area (Å²) in [6.45, 7) is 1.17.